The van der Waals surface area contributed by atoms with Gasteiger partial charge in [-0.2, -0.15) is 0 Å². The number of hydrogen-bond donors (Lipinski definition) is 1. The maximum atomic E-state index is 13.6. The van der Waals surface area contributed by atoms with Crippen LogP contribution in [-0.4, -0.2) is 19.5 Å². The molecule has 0 amide bonds. The summed E-state index contributed by atoms with van der Waals surface area (Å²) >= 11 is 0. The number of benzene rings is 1. The van der Waals surface area contributed by atoms with Gasteiger partial charge in [-0.15, -0.1) is 0 Å². The lowest BCUT2D eigenvalue weighted by Crippen LogP contribution is -2.43. The molecule has 5 heteroatoms. The largest absolute Gasteiger partial charge is 0.414 e. The summed E-state index contributed by atoms with van der Waals surface area (Å²) in [5.74, 6) is -1.15. The summed E-state index contributed by atoms with van der Waals surface area (Å²) in [5, 5.41) is 10.2. The SMILES string of the molecule is CC(CC(O)c1cc(F)ccc1F)O[Si](C)(C)C(C)(C)C. The fourth-order valence-electron chi connectivity index (χ4n) is 1.94. The number of halogens is 2. The lowest BCUT2D eigenvalue weighted by atomic mass is 10.0. The van der Waals surface area contributed by atoms with Crippen LogP contribution in [0.15, 0.2) is 18.2 Å². The third-order valence-corrected chi connectivity index (χ3v) is 8.78. The molecular weight excluding hydrogens is 290 g/mol. The number of rotatable bonds is 5. The Bertz CT molecular complexity index is 484. The van der Waals surface area contributed by atoms with Crippen molar-refractivity contribution < 1.29 is 18.3 Å². The normalized spacial score (nSPS) is 15.9. The van der Waals surface area contributed by atoms with Crippen molar-refractivity contribution in [2.24, 2.45) is 0 Å². The highest BCUT2D eigenvalue weighted by Crippen LogP contribution is 2.38. The summed E-state index contributed by atoms with van der Waals surface area (Å²) in [5.41, 5.74) is -0.0133. The summed E-state index contributed by atoms with van der Waals surface area (Å²) in [7, 11) is -1.94. The number of aliphatic hydroxyl groups excluding tert-OH is 1. The number of hydrogen-bond acceptors (Lipinski definition) is 2. The first-order chi connectivity index (χ1) is 9.44. The molecule has 0 saturated carbocycles. The molecule has 0 aliphatic rings. The van der Waals surface area contributed by atoms with Gasteiger partial charge in [0.2, 0.25) is 0 Å². The Balaban J connectivity index is 2.75. The van der Waals surface area contributed by atoms with Crippen molar-refractivity contribution in [3.8, 4) is 0 Å². The zero-order valence-corrected chi connectivity index (χ0v) is 14.7. The van der Waals surface area contributed by atoms with Gasteiger partial charge in [0.25, 0.3) is 0 Å². The molecule has 0 aromatic heterocycles. The molecule has 2 unspecified atom stereocenters. The van der Waals surface area contributed by atoms with Crippen LogP contribution in [0.25, 0.3) is 0 Å². The van der Waals surface area contributed by atoms with Crippen molar-refractivity contribution in [1.82, 2.24) is 0 Å². The summed E-state index contributed by atoms with van der Waals surface area (Å²) in [6, 6.07) is 3.12. The van der Waals surface area contributed by atoms with E-state index in [9.17, 15) is 13.9 Å². The van der Waals surface area contributed by atoms with Gasteiger partial charge in [0, 0.05) is 18.1 Å². The zero-order valence-electron chi connectivity index (χ0n) is 13.7. The van der Waals surface area contributed by atoms with E-state index in [-0.39, 0.29) is 23.1 Å². The minimum absolute atomic E-state index is 0.0133. The quantitative estimate of drug-likeness (QED) is 0.791. The van der Waals surface area contributed by atoms with Gasteiger partial charge in [0.1, 0.15) is 11.6 Å². The van der Waals surface area contributed by atoms with E-state index in [1.54, 1.807) is 0 Å². The molecule has 0 fully saturated rings. The predicted octanol–water partition coefficient (Wildman–Crippen LogP) is 4.80. The minimum atomic E-state index is -1.94. The summed E-state index contributed by atoms with van der Waals surface area (Å²) in [6.07, 6.45) is -1.04. The van der Waals surface area contributed by atoms with Crippen LogP contribution in [0, 0.1) is 11.6 Å². The summed E-state index contributed by atoms with van der Waals surface area (Å²) < 4.78 is 32.9. The highest BCUT2D eigenvalue weighted by molar-refractivity contribution is 6.74. The van der Waals surface area contributed by atoms with E-state index >= 15 is 0 Å². The Labute approximate surface area is 127 Å². The van der Waals surface area contributed by atoms with E-state index in [0.717, 1.165) is 18.2 Å². The van der Waals surface area contributed by atoms with Gasteiger partial charge in [-0.3, -0.25) is 0 Å². The van der Waals surface area contributed by atoms with Crippen LogP contribution in [0.2, 0.25) is 18.1 Å². The minimum Gasteiger partial charge on any atom is -0.414 e. The Kier molecular flexibility index (Phi) is 5.69. The lowest BCUT2D eigenvalue weighted by molar-refractivity contribution is 0.0931. The van der Waals surface area contributed by atoms with Gasteiger partial charge >= 0.3 is 0 Å². The second kappa shape index (κ2) is 6.54. The first-order valence-corrected chi connectivity index (χ1v) is 10.2. The van der Waals surface area contributed by atoms with E-state index in [4.69, 9.17) is 4.43 Å². The maximum absolute atomic E-state index is 13.6. The molecule has 1 aromatic rings. The average molecular weight is 316 g/mol. The number of aliphatic hydroxyl groups is 1. The Morgan fingerprint density at radius 1 is 1.24 bits per heavy atom. The van der Waals surface area contributed by atoms with Gasteiger partial charge in [0.05, 0.1) is 6.10 Å². The Morgan fingerprint density at radius 3 is 2.33 bits per heavy atom. The van der Waals surface area contributed by atoms with E-state index in [1.165, 1.54) is 0 Å². The van der Waals surface area contributed by atoms with Crippen LogP contribution in [-0.2, 0) is 4.43 Å². The fourth-order valence-corrected chi connectivity index (χ4v) is 3.39. The Morgan fingerprint density at radius 2 is 1.81 bits per heavy atom. The summed E-state index contributed by atoms with van der Waals surface area (Å²) in [6.45, 7) is 12.5. The molecule has 2 nitrogen and oxygen atoms in total. The van der Waals surface area contributed by atoms with Crippen LogP contribution < -0.4 is 0 Å². The molecule has 1 aromatic carbocycles. The van der Waals surface area contributed by atoms with Crippen molar-refractivity contribution in [2.45, 2.75) is 64.5 Å². The van der Waals surface area contributed by atoms with Crippen LogP contribution >= 0.6 is 0 Å². The smallest absolute Gasteiger partial charge is 0.192 e. The molecule has 21 heavy (non-hydrogen) atoms. The monoisotopic (exact) mass is 316 g/mol. The van der Waals surface area contributed by atoms with Crippen LogP contribution in [0.1, 0.15) is 45.8 Å². The van der Waals surface area contributed by atoms with Crippen LogP contribution in [0.3, 0.4) is 0 Å². The standard InChI is InChI=1S/C16H26F2O2Si/c1-11(20-21(5,6)16(2,3)4)9-15(19)13-10-12(17)7-8-14(13)18/h7-8,10-11,15,19H,9H2,1-6H3. The van der Waals surface area contributed by atoms with E-state index < -0.39 is 26.1 Å². The van der Waals surface area contributed by atoms with Gasteiger partial charge in [-0.1, -0.05) is 20.8 Å². The first kappa shape index (κ1) is 18.3. The van der Waals surface area contributed by atoms with E-state index in [2.05, 4.69) is 33.9 Å². The molecular formula is C16H26F2O2Si. The third kappa shape index (κ3) is 4.87. The fraction of sp³-hybridized carbons (Fsp3) is 0.625. The third-order valence-electron chi connectivity index (χ3n) is 4.17. The molecule has 0 radical (unpaired) electrons. The average Bonchev–Trinajstić information content (AvgIpc) is 2.29. The molecule has 0 bridgehead atoms. The lowest BCUT2D eigenvalue weighted by Gasteiger charge is -2.38. The van der Waals surface area contributed by atoms with Crippen molar-refractivity contribution in [3.05, 3.63) is 35.4 Å². The van der Waals surface area contributed by atoms with Crippen molar-refractivity contribution in [3.63, 3.8) is 0 Å². The van der Waals surface area contributed by atoms with Crippen molar-refractivity contribution in [2.75, 3.05) is 0 Å². The molecule has 0 spiro atoms. The summed E-state index contributed by atoms with van der Waals surface area (Å²) in [4.78, 5) is 0. The van der Waals surface area contributed by atoms with E-state index in [0.29, 0.717) is 0 Å². The second-order valence-corrected chi connectivity index (χ2v) is 11.9. The topological polar surface area (TPSA) is 29.5 Å². The highest BCUT2D eigenvalue weighted by atomic mass is 28.4. The molecule has 0 aliphatic carbocycles. The molecule has 1 N–H and O–H groups in total. The van der Waals surface area contributed by atoms with Crippen molar-refractivity contribution in [1.29, 1.82) is 0 Å². The van der Waals surface area contributed by atoms with Gasteiger partial charge in [-0.25, -0.2) is 8.78 Å². The van der Waals surface area contributed by atoms with Crippen molar-refractivity contribution >= 4 is 8.32 Å². The molecule has 2 atom stereocenters. The van der Waals surface area contributed by atoms with Gasteiger partial charge in [0.15, 0.2) is 8.32 Å². The zero-order chi connectivity index (χ0) is 16.4. The predicted molar refractivity (Wildman–Crippen MR) is 83.7 cm³/mol. The van der Waals surface area contributed by atoms with Gasteiger partial charge < -0.3 is 9.53 Å². The molecule has 1 rings (SSSR count). The molecule has 120 valence electrons. The highest BCUT2D eigenvalue weighted by Gasteiger charge is 2.38. The molecule has 0 aliphatic heterocycles. The van der Waals surface area contributed by atoms with Crippen LogP contribution in [0.5, 0.6) is 0 Å². The van der Waals surface area contributed by atoms with E-state index in [1.807, 2.05) is 6.92 Å². The van der Waals surface area contributed by atoms with Crippen LogP contribution in [0.4, 0.5) is 8.78 Å². The second-order valence-electron chi connectivity index (χ2n) is 7.11. The molecule has 0 heterocycles. The molecule has 0 saturated heterocycles. The maximum Gasteiger partial charge on any atom is 0.192 e. The Hall–Kier alpha value is -0.783. The van der Waals surface area contributed by atoms with Gasteiger partial charge in [-0.05, 0) is 43.3 Å². The first-order valence-electron chi connectivity index (χ1n) is 7.25.